The Morgan fingerprint density at radius 1 is 0.465 bits per heavy atom. The first-order chi connectivity index (χ1) is 41.3. The molecule has 0 aromatic heterocycles. The number of Topliss-reactive ketones (excluding diaryl/α,β-unsaturated/α-hetero) is 6. The van der Waals surface area contributed by atoms with Crippen LogP contribution in [0.5, 0.6) is 23.0 Å². The molecule has 0 saturated carbocycles. The molecule has 2 saturated heterocycles. The standard InChI is InChI=1S/C66H64N2O18/c1-13-65-51-52-60(74)46-44-48(58(72)42-36(82-26-78-12)18-16-34(80-24-76-10)40(42)56(44)70)54(50(46)62-66(52,14-2)86-64(84-62)38-31(7)21-28(4)22-32(38)8)68(67)53-47-43(55(69)39-33(79-23-75-9)15-17-35(81-25-77-11)41(39)57(47)71)45(59(51)73)49(53)61(65)83-63(85-65)37-29(5)19-27(3)20-30(37)6/h15-22,51-54,61-64H,13-14,23-26H2,1-12H3/t51-,52-,53?,54?,61-,62-,63+,64+,65+,66+/m1/s1. The van der Waals surface area contributed by atoms with E-state index < -0.39 is 106 Å². The van der Waals surface area contributed by atoms with Crippen molar-refractivity contribution in [2.45, 2.75) is 116 Å². The highest BCUT2D eigenvalue weighted by Gasteiger charge is 2.77. The van der Waals surface area contributed by atoms with Crippen molar-refractivity contribution < 1.29 is 90.3 Å². The van der Waals surface area contributed by atoms with Crippen molar-refractivity contribution in [1.29, 1.82) is 0 Å². The number of fused-ring (bicyclic) bond motifs is 9. The summed E-state index contributed by atoms with van der Waals surface area (Å²) in [7, 11) is 5.53. The molecule has 86 heavy (non-hydrogen) atoms. The van der Waals surface area contributed by atoms with E-state index in [1.165, 1.54) is 52.7 Å². The number of nitrogens with zero attached hydrogens (tertiary/aromatic N) is 2. The first kappa shape index (κ1) is 57.4. The average Bonchev–Trinajstić information content (AvgIpc) is 1.48. The Morgan fingerprint density at radius 3 is 1.06 bits per heavy atom. The van der Waals surface area contributed by atoms with E-state index >= 15 is 28.8 Å². The van der Waals surface area contributed by atoms with E-state index in [0.717, 1.165) is 38.1 Å². The molecule has 0 radical (unpaired) electrons. The summed E-state index contributed by atoms with van der Waals surface area (Å²) in [6.07, 6.45) is -5.45. The Labute approximate surface area is 495 Å². The van der Waals surface area contributed by atoms with Crippen LogP contribution in [0.2, 0.25) is 0 Å². The Kier molecular flexibility index (Phi) is 13.9. The molecule has 0 amide bonds. The summed E-state index contributed by atoms with van der Waals surface area (Å²) in [6, 6.07) is 9.87. The van der Waals surface area contributed by atoms with Crippen LogP contribution in [0.15, 0.2) is 93.1 Å². The number of benzene rings is 4. The van der Waals surface area contributed by atoms with E-state index in [0.29, 0.717) is 11.1 Å². The summed E-state index contributed by atoms with van der Waals surface area (Å²) in [4.78, 5) is 99.9. The average molecular weight is 1170 g/mol. The molecule has 6 aliphatic carbocycles. The molecule has 3 heterocycles. The van der Waals surface area contributed by atoms with Gasteiger partial charge in [-0.1, -0.05) is 49.2 Å². The first-order valence-corrected chi connectivity index (χ1v) is 28.6. The number of hydrogen-bond acceptors (Lipinski definition) is 18. The molecule has 3 aliphatic heterocycles. The quantitative estimate of drug-likeness (QED) is 0.0752. The zero-order valence-electron chi connectivity index (χ0n) is 49.7. The van der Waals surface area contributed by atoms with Crippen molar-refractivity contribution in [3.8, 4) is 23.0 Å². The van der Waals surface area contributed by atoms with E-state index in [1.54, 1.807) is 13.8 Å². The van der Waals surface area contributed by atoms with Crippen molar-refractivity contribution in [3.05, 3.63) is 165 Å². The Morgan fingerprint density at radius 2 is 0.767 bits per heavy atom. The van der Waals surface area contributed by atoms with Crippen molar-refractivity contribution >= 4 is 34.7 Å². The maximum Gasteiger partial charge on any atom is 0.201 e. The van der Waals surface area contributed by atoms with Gasteiger partial charge >= 0.3 is 0 Å². The van der Waals surface area contributed by atoms with Gasteiger partial charge in [-0.2, -0.15) is 0 Å². The third-order valence-corrected chi connectivity index (χ3v) is 18.8. The SMILES string of the molecule is CC[C@@]12O[C@@H](c3c(C)cc(C)cc3C)O[C@@H]1C1=C3C(=O)[C@H]2[C@@H]2C(=O)C4=C(C(C5=C4C(=O)c4c(OCOC)ccc(OCOC)c4C5=O)[N+](=[N-])C1C1=C3C(=O)c3c(OCOC)ccc(OCOC)c3C1=O)[C@H]1O[C@H](c3c(C)cc(C)cc3C)O[C@]12CC. The molecule has 2 unspecified atom stereocenters. The van der Waals surface area contributed by atoms with E-state index in [2.05, 4.69) is 0 Å². The van der Waals surface area contributed by atoms with Crippen molar-refractivity contribution in [1.82, 2.24) is 0 Å². The van der Waals surface area contributed by atoms with E-state index in [1.807, 2.05) is 65.8 Å². The van der Waals surface area contributed by atoms with Gasteiger partial charge < -0.3 is 67.1 Å². The number of aryl methyl sites for hydroxylation is 6. The topological polar surface area (TPSA) is 238 Å². The molecular weight excluding hydrogens is 1110 g/mol. The fourth-order valence-electron chi connectivity index (χ4n) is 15.8. The highest BCUT2D eigenvalue weighted by Crippen LogP contribution is 2.67. The fraction of sp³-hybridized carbons (Fsp3) is 0.424. The third kappa shape index (κ3) is 7.63. The van der Waals surface area contributed by atoms with Gasteiger partial charge in [-0.05, 0) is 101 Å². The van der Waals surface area contributed by atoms with Crippen LogP contribution < -0.4 is 18.9 Å². The summed E-state index contributed by atoms with van der Waals surface area (Å²) in [5, 5.41) is 0. The predicted molar refractivity (Wildman–Crippen MR) is 301 cm³/mol. The lowest BCUT2D eigenvalue weighted by atomic mass is 9.54. The molecule has 0 N–H and O–H groups in total. The number of methoxy groups -OCH3 is 4. The summed E-state index contributed by atoms with van der Waals surface area (Å²) in [5.74, 6) is -8.77. The van der Waals surface area contributed by atoms with Gasteiger partial charge in [-0.15, -0.1) is 0 Å². The second kappa shape index (κ2) is 20.8. The maximum absolute atomic E-state index is 17.3. The van der Waals surface area contributed by atoms with Crippen LogP contribution in [0, 0.1) is 53.4 Å². The largest absolute Gasteiger partial charge is 0.505 e. The molecule has 6 bridgehead atoms. The molecule has 20 nitrogen and oxygen atoms in total. The number of rotatable bonds is 16. The van der Waals surface area contributed by atoms with Gasteiger partial charge in [0.15, 0.2) is 75.0 Å². The number of carbonyl (C=O) groups excluding carboxylic acids is 6. The Bertz CT molecular complexity index is 3640. The minimum absolute atomic E-state index is 0.0342. The molecule has 4 aromatic rings. The monoisotopic (exact) mass is 1170 g/mol. The minimum Gasteiger partial charge on any atom is -0.505 e. The summed E-state index contributed by atoms with van der Waals surface area (Å²) < 4.78 is 75.8. The van der Waals surface area contributed by atoms with E-state index in [4.69, 9.17) is 56.8 Å². The third-order valence-electron chi connectivity index (χ3n) is 18.8. The molecule has 0 spiro atoms. The summed E-state index contributed by atoms with van der Waals surface area (Å²) in [6.45, 7) is 13.7. The second-order valence-corrected chi connectivity index (χ2v) is 23.4. The van der Waals surface area contributed by atoms with Gasteiger partial charge in [0.25, 0.3) is 0 Å². The molecule has 20 heteroatoms. The van der Waals surface area contributed by atoms with Crippen LogP contribution in [-0.2, 0) is 47.5 Å². The number of carbonyl (C=O) groups is 6. The van der Waals surface area contributed by atoms with Gasteiger partial charge in [0.2, 0.25) is 11.6 Å². The summed E-state index contributed by atoms with van der Waals surface area (Å²) in [5.41, 5.74) is 13.6. The molecule has 10 atom stereocenters. The van der Waals surface area contributed by atoms with Crippen molar-refractivity contribution in [3.63, 3.8) is 0 Å². The highest BCUT2D eigenvalue weighted by atomic mass is 16.8. The Balaban J connectivity index is 1.15. The van der Waals surface area contributed by atoms with Crippen LogP contribution in [0.3, 0.4) is 0 Å². The highest BCUT2D eigenvalue weighted by molar-refractivity contribution is 6.37. The molecular formula is C66H64N2O18. The number of ketones is 6. The van der Waals surface area contributed by atoms with Crippen LogP contribution in [0.25, 0.3) is 5.53 Å². The maximum atomic E-state index is 17.3. The van der Waals surface area contributed by atoms with Crippen LogP contribution in [0.1, 0.15) is 125 Å². The number of ether oxygens (including phenoxy) is 12. The lowest BCUT2D eigenvalue weighted by molar-refractivity contribution is -0.587. The lowest BCUT2D eigenvalue weighted by Crippen LogP contribution is -2.66. The number of allylic oxidation sites excluding steroid dienone is 4. The van der Waals surface area contributed by atoms with Gasteiger partial charge in [-0.25, -0.2) is 0 Å². The van der Waals surface area contributed by atoms with E-state index in [9.17, 15) is 5.53 Å². The van der Waals surface area contributed by atoms with E-state index in [-0.39, 0.29) is 119 Å². The van der Waals surface area contributed by atoms with Crippen molar-refractivity contribution in [2.75, 3.05) is 55.6 Å². The van der Waals surface area contributed by atoms with Gasteiger partial charge in [0.05, 0.1) is 45.2 Å². The van der Waals surface area contributed by atoms with Gasteiger partial charge in [0, 0.05) is 73.0 Å². The summed E-state index contributed by atoms with van der Waals surface area (Å²) >= 11 is 0. The van der Waals surface area contributed by atoms with Crippen molar-refractivity contribution in [2.24, 2.45) is 11.8 Å². The molecule has 2 fully saturated rings. The minimum atomic E-state index is -1.88. The second-order valence-electron chi connectivity index (χ2n) is 23.4. The zero-order valence-corrected chi connectivity index (χ0v) is 49.7. The van der Waals surface area contributed by atoms with Gasteiger partial charge in [0.1, 0.15) is 46.4 Å². The predicted octanol–water partition coefficient (Wildman–Crippen LogP) is 8.85. The van der Waals surface area contributed by atoms with Crippen LogP contribution >= 0.6 is 0 Å². The zero-order chi connectivity index (χ0) is 60.9. The molecule has 13 rings (SSSR count). The normalized spacial score (nSPS) is 28.3. The van der Waals surface area contributed by atoms with Crippen LogP contribution in [-0.4, -0.2) is 131 Å². The first-order valence-electron chi connectivity index (χ1n) is 28.6. The Hall–Kier alpha value is -7.66. The van der Waals surface area contributed by atoms with Crippen LogP contribution in [0.4, 0.5) is 0 Å². The van der Waals surface area contributed by atoms with Gasteiger partial charge in [-0.3, -0.25) is 28.8 Å². The molecule has 446 valence electrons. The molecule has 9 aliphatic rings. The lowest BCUT2D eigenvalue weighted by Gasteiger charge is -2.51. The fourth-order valence-corrected chi connectivity index (χ4v) is 15.8. The smallest absolute Gasteiger partial charge is 0.201 e. The number of hydrogen-bond donors (Lipinski definition) is 0. The molecule has 4 aromatic carbocycles.